The number of ether oxygens (including phenoxy) is 1. The van der Waals surface area contributed by atoms with Crippen molar-refractivity contribution in [3.05, 3.63) is 69.8 Å². The van der Waals surface area contributed by atoms with Gasteiger partial charge < -0.3 is 15.4 Å². The number of fused-ring (bicyclic) bond motifs is 1. The number of non-ortho nitro benzene ring substituents is 1. The summed E-state index contributed by atoms with van der Waals surface area (Å²) in [7, 11) is 0. The van der Waals surface area contributed by atoms with E-state index in [0.717, 1.165) is 11.0 Å². The van der Waals surface area contributed by atoms with Crippen LogP contribution in [0, 0.1) is 10.1 Å². The van der Waals surface area contributed by atoms with Crippen LogP contribution in [0.1, 0.15) is 33.6 Å². The van der Waals surface area contributed by atoms with Crippen LogP contribution in [0.15, 0.2) is 48.5 Å². The van der Waals surface area contributed by atoms with Gasteiger partial charge in [-0.1, -0.05) is 18.2 Å². The molecule has 166 valence electrons. The van der Waals surface area contributed by atoms with E-state index in [1.807, 2.05) is 0 Å². The van der Waals surface area contributed by atoms with Crippen molar-refractivity contribution in [2.24, 2.45) is 0 Å². The first-order chi connectivity index (χ1) is 15.4. The quantitative estimate of drug-likeness (QED) is 0.262. The third kappa shape index (κ3) is 5.45. The molecule has 2 aromatic rings. The second kappa shape index (κ2) is 10.2. The summed E-state index contributed by atoms with van der Waals surface area (Å²) in [6.07, 6.45) is -0.360. The highest BCUT2D eigenvalue weighted by Crippen LogP contribution is 2.26. The van der Waals surface area contributed by atoms with Gasteiger partial charge in [-0.05, 0) is 24.6 Å². The number of imide groups is 1. The van der Waals surface area contributed by atoms with E-state index >= 15 is 0 Å². The highest BCUT2D eigenvalue weighted by atomic mass is 16.6. The molecule has 0 fully saturated rings. The van der Waals surface area contributed by atoms with Crippen molar-refractivity contribution in [2.45, 2.75) is 12.8 Å². The van der Waals surface area contributed by atoms with Crippen LogP contribution in [0.25, 0.3) is 0 Å². The first-order valence-corrected chi connectivity index (χ1v) is 9.79. The number of amides is 4. The number of hydrogen-bond acceptors (Lipinski definition) is 7. The van der Waals surface area contributed by atoms with Gasteiger partial charge in [0, 0.05) is 38.2 Å². The van der Waals surface area contributed by atoms with Gasteiger partial charge in [0.25, 0.3) is 17.5 Å². The molecule has 11 nitrogen and oxygen atoms in total. The van der Waals surface area contributed by atoms with Crippen LogP contribution in [-0.2, 0) is 4.79 Å². The maximum absolute atomic E-state index is 12.4. The van der Waals surface area contributed by atoms with Crippen LogP contribution in [0.2, 0.25) is 0 Å². The van der Waals surface area contributed by atoms with E-state index in [1.165, 1.54) is 12.1 Å². The lowest BCUT2D eigenvalue weighted by atomic mass is 10.1. The van der Waals surface area contributed by atoms with Crippen molar-refractivity contribution < 1.29 is 28.8 Å². The molecule has 0 unspecified atom stereocenters. The lowest BCUT2D eigenvalue weighted by Crippen LogP contribution is -2.36. The average Bonchev–Trinajstić information content (AvgIpc) is 3.01. The summed E-state index contributed by atoms with van der Waals surface area (Å²) in [4.78, 5) is 59.5. The Kier molecular flexibility index (Phi) is 7.11. The van der Waals surface area contributed by atoms with Gasteiger partial charge in [-0.2, -0.15) is 0 Å². The van der Waals surface area contributed by atoms with Crippen molar-refractivity contribution in [1.29, 1.82) is 0 Å². The lowest BCUT2D eigenvalue weighted by Gasteiger charge is -2.13. The third-order valence-corrected chi connectivity index (χ3v) is 4.62. The Bertz CT molecular complexity index is 1060. The number of nitrogens with one attached hydrogen (secondary N) is 2. The minimum atomic E-state index is -0.642. The second-order valence-electron chi connectivity index (χ2n) is 6.83. The summed E-state index contributed by atoms with van der Waals surface area (Å²) in [6, 6.07) is 12.0. The van der Waals surface area contributed by atoms with Crippen molar-refractivity contribution >= 4 is 29.5 Å². The van der Waals surface area contributed by atoms with Gasteiger partial charge in [0.05, 0.1) is 16.1 Å². The molecule has 3 rings (SSSR count). The molecular formula is C21H20N4O7. The Hall–Kier alpha value is -4.28. The molecule has 4 amide bonds. The number of benzene rings is 2. The van der Waals surface area contributed by atoms with Gasteiger partial charge in [0.1, 0.15) is 5.75 Å². The molecule has 2 N–H and O–H groups in total. The zero-order valence-electron chi connectivity index (χ0n) is 16.9. The van der Waals surface area contributed by atoms with E-state index < -0.39 is 22.8 Å². The summed E-state index contributed by atoms with van der Waals surface area (Å²) in [5.74, 6) is -1.07. The maximum atomic E-state index is 12.4. The molecule has 0 aliphatic carbocycles. The molecule has 2 aromatic carbocycles. The van der Waals surface area contributed by atoms with Crippen molar-refractivity contribution in [1.82, 2.24) is 15.5 Å². The van der Waals surface area contributed by atoms with Gasteiger partial charge in [0.15, 0.2) is 0 Å². The average molecular weight is 440 g/mol. The minimum Gasteiger partial charge on any atom is -0.410 e. The predicted molar refractivity (Wildman–Crippen MR) is 111 cm³/mol. The maximum Gasteiger partial charge on any atom is 0.412 e. The van der Waals surface area contributed by atoms with Crippen LogP contribution in [0.3, 0.4) is 0 Å². The molecule has 11 heteroatoms. The Balaban J connectivity index is 1.36. The van der Waals surface area contributed by atoms with E-state index in [1.54, 1.807) is 30.3 Å². The highest BCUT2D eigenvalue weighted by Gasteiger charge is 2.36. The fourth-order valence-corrected chi connectivity index (χ4v) is 3.08. The molecule has 1 aliphatic heterocycles. The van der Waals surface area contributed by atoms with Crippen molar-refractivity contribution in [3.8, 4) is 5.75 Å². The molecule has 1 heterocycles. The van der Waals surface area contributed by atoms with Crippen molar-refractivity contribution in [2.75, 3.05) is 19.6 Å². The lowest BCUT2D eigenvalue weighted by molar-refractivity contribution is -0.384. The number of nitro groups is 1. The molecule has 0 saturated heterocycles. The van der Waals surface area contributed by atoms with Crippen molar-refractivity contribution in [3.63, 3.8) is 0 Å². The summed E-state index contributed by atoms with van der Waals surface area (Å²) in [6.45, 7) is 0.350. The van der Waals surface area contributed by atoms with E-state index in [-0.39, 0.29) is 55.2 Å². The van der Waals surface area contributed by atoms with Gasteiger partial charge in [-0.15, -0.1) is 0 Å². The molecule has 0 spiro atoms. The monoisotopic (exact) mass is 440 g/mol. The van der Waals surface area contributed by atoms with E-state index in [2.05, 4.69) is 10.6 Å². The minimum absolute atomic E-state index is 0.00914. The molecule has 0 aromatic heterocycles. The molecule has 1 aliphatic rings. The molecule has 0 radical (unpaired) electrons. The molecular weight excluding hydrogens is 420 g/mol. The molecule has 0 atom stereocenters. The van der Waals surface area contributed by atoms with Crippen LogP contribution < -0.4 is 15.4 Å². The Morgan fingerprint density at radius 1 is 0.969 bits per heavy atom. The highest BCUT2D eigenvalue weighted by molar-refractivity contribution is 6.21. The zero-order valence-corrected chi connectivity index (χ0v) is 16.9. The molecule has 0 bridgehead atoms. The standard InChI is InChI=1S/C21H20N4O7/c26-18(22-10-11-23-21(29)32-15-5-2-1-3-6-15)7-4-12-24-19(27)16-9-8-14(25(30)31)13-17(16)20(24)28/h1-3,5-6,8-9,13H,4,7,10-12H2,(H,22,26)(H,23,29). The first-order valence-electron chi connectivity index (χ1n) is 9.79. The predicted octanol–water partition coefficient (Wildman–Crippen LogP) is 1.88. The van der Waals surface area contributed by atoms with E-state index in [0.29, 0.717) is 5.75 Å². The fourth-order valence-electron chi connectivity index (χ4n) is 3.08. The number of carbonyl (C=O) groups is 4. The van der Waals surface area contributed by atoms with E-state index in [4.69, 9.17) is 4.74 Å². The van der Waals surface area contributed by atoms with Crippen LogP contribution in [0.5, 0.6) is 5.75 Å². The molecule has 32 heavy (non-hydrogen) atoms. The van der Waals surface area contributed by atoms with Crippen LogP contribution in [-0.4, -0.2) is 53.3 Å². The van der Waals surface area contributed by atoms with Crippen LogP contribution >= 0.6 is 0 Å². The number of nitro benzene ring substituents is 1. The Morgan fingerprint density at radius 2 is 1.66 bits per heavy atom. The van der Waals surface area contributed by atoms with Gasteiger partial charge >= 0.3 is 6.09 Å². The number of rotatable bonds is 9. The normalized spacial score (nSPS) is 12.3. The summed E-state index contributed by atoms with van der Waals surface area (Å²) < 4.78 is 5.04. The fraction of sp³-hybridized carbons (Fsp3) is 0.238. The van der Waals surface area contributed by atoms with E-state index in [9.17, 15) is 29.3 Å². The second-order valence-corrected chi connectivity index (χ2v) is 6.83. The number of para-hydroxylation sites is 1. The van der Waals surface area contributed by atoms with Crippen LogP contribution in [0.4, 0.5) is 10.5 Å². The topological polar surface area (TPSA) is 148 Å². The summed E-state index contributed by atoms with van der Waals surface area (Å²) in [5.41, 5.74) is -0.173. The van der Waals surface area contributed by atoms with Gasteiger partial charge in [-0.25, -0.2) is 4.79 Å². The molecule has 0 saturated carbocycles. The third-order valence-electron chi connectivity index (χ3n) is 4.62. The SMILES string of the molecule is O=C(CCCN1C(=O)c2ccc([N+](=O)[O-])cc2C1=O)NCCNC(=O)Oc1ccccc1. The summed E-state index contributed by atoms with van der Waals surface area (Å²) in [5, 5.41) is 16.0. The summed E-state index contributed by atoms with van der Waals surface area (Å²) >= 11 is 0. The largest absolute Gasteiger partial charge is 0.412 e. The smallest absolute Gasteiger partial charge is 0.410 e. The Morgan fingerprint density at radius 3 is 2.38 bits per heavy atom. The first kappa shape index (κ1) is 22.4. The zero-order chi connectivity index (χ0) is 23.1. The Labute approximate surface area is 182 Å². The number of hydrogen-bond donors (Lipinski definition) is 2. The number of nitrogens with zero attached hydrogens (tertiary/aromatic N) is 2. The van der Waals surface area contributed by atoms with Gasteiger partial charge in [0.2, 0.25) is 5.91 Å². The van der Waals surface area contributed by atoms with Gasteiger partial charge in [-0.3, -0.25) is 29.4 Å². The number of carbonyl (C=O) groups excluding carboxylic acids is 4.